The van der Waals surface area contributed by atoms with Crippen LogP contribution in [-0.4, -0.2) is 36.5 Å². The summed E-state index contributed by atoms with van der Waals surface area (Å²) in [7, 11) is 0. The lowest BCUT2D eigenvalue weighted by atomic mass is 10.4. The quantitative estimate of drug-likeness (QED) is 0.498. The van der Waals surface area contributed by atoms with Crippen molar-refractivity contribution in [3.63, 3.8) is 0 Å². The van der Waals surface area contributed by atoms with E-state index in [4.69, 9.17) is 0 Å². The van der Waals surface area contributed by atoms with Crippen LogP contribution in [0.15, 0.2) is 5.29 Å². The maximum absolute atomic E-state index is 10.4. The van der Waals surface area contributed by atoms with Gasteiger partial charge in [-0.15, -0.1) is 4.91 Å². The van der Waals surface area contributed by atoms with Gasteiger partial charge in [0, 0.05) is 25.9 Å². The topological polar surface area (TPSA) is 75.6 Å². The lowest BCUT2D eigenvalue weighted by molar-refractivity contribution is -0.635. The van der Waals surface area contributed by atoms with E-state index in [1.807, 2.05) is 0 Å². The van der Waals surface area contributed by atoms with Crippen LogP contribution in [0.2, 0.25) is 0 Å². The van der Waals surface area contributed by atoms with Crippen LogP contribution in [0.4, 0.5) is 0 Å². The first-order chi connectivity index (χ1) is 6.84. The van der Waals surface area contributed by atoms with Crippen LogP contribution in [0.3, 0.4) is 0 Å². The molecule has 0 aromatic carbocycles. The van der Waals surface area contributed by atoms with Gasteiger partial charge in [0.25, 0.3) is 0 Å². The second kappa shape index (κ2) is 6.69. The van der Waals surface area contributed by atoms with Crippen molar-refractivity contribution in [3.8, 4) is 0 Å². The highest BCUT2D eigenvalue weighted by atomic mass is 16.6. The van der Waals surface area contributed by atoms with Gasteiger partial charge >= 0.3 is 0 Å². The first-order valence-electron chi connectivity index (χ1n) is 5.21. The minimum atomic E-state index is 0.118. The summed E-state index contributed by atoms with van der Waals surface area (Å²) in [6, 6.07) is 0. The van der Waals surface area contributed by atoms with E-state index < -0.39 is 0 Å². The lowest BCUT2D eigenvalue weighted by Crippen LogP contribution is -2.80. The molecule has 2 saturated heterocycles. The van der Waals surface area contributed by atoms with Crippen molar-refractivity contribution in [1.29, 1.82) is 0 Å². The minimum Gasteiger partial charge on any atom is -0.724 e. The predicted molar refractivity (Wildman–Crippen MR) is 52.7 cm³/mol. The Kier molecular flexibility index (Phi) is 5.43. The molecule has 0 atom stereocenters. The SMILES string of the molecule is C1CC[NH2+]C1.O=NN([O-])N1CCCC1. The monoisotopic (exact) mass is 202 g/mol. The van der Waals surface area contributed by atoms with Crippen molar-refractivity contribution in [2.24, 2.45) is 5.29 Å². The Balaban J connectivity index is 0.000000165. The standard InChI is InChI=1S/C4H8N3O2.C4H9N/c8-5-7(9)6-3-1-2-4-6;1-2-4-5-3-1/h1-4H2;5H,1-4H2/q-1;/p+1. The number of nitroso groups, excluding NO2 is 1. The molecular weight excluding hydrogens is 184 g/mol. The van der Waals surface area contributed by atoms with Crippen molar-refractivity contribution < 1.29 is 5.32 Å². The van der Waals surface area contributed by atoms with Crippen molar-refractivity contribution in [3.05, 3.63) is 10.1 Å². The molecule has 6 nitrogen and oxygen atoms in total. The lowest BCUT2D eigenvalue weighted by Gasteiger charge is -2.29. The van der Waals surface area contributed by atoms with Crippen molar-refractivity contribution in [1.82, 2.24) is 10.3 Å². The van der Waals surface area contributed by atoms with Gasteiger partial charge in [-0.05, 0) is 12.8 Å². The average Bonchev–Trinajstić information content (AvgIpc) is 2.91. The molecule has 2 heterocycles. The fraction of sp³-hybridized carbons (Fsp3) is 1.00. The molecule has 0 saturated carbocycles. The average molecular weight is 202 g/mol. The van der Waals surface area contributed by atoms with Crippen LogP contribution >= 0.6 is 0 Å². The number of nitrogens with zero attached hydrogens (tertiary/aromatic N) is 3. The molecule has 0 unspecified atom stereocenters. The molecule has 6 heteroatoms. The second-order valence-corrected chi connectivity index (χ2v) is 3.57. The van der Waals surface area contributed by atoms with E-state index in [0.29, 0.717) is 13.1 Å². The van der Waals surface area contributed by atoms with Crippen LogP contribution in [0.5, 0.6) is 0 Å². The molecule has 14 heavy (non-hydrogen) atoms. The zero-order valence-corrected chi connectivity index (χ0v) is 8.39. The van der Waals surface area contributed by atoms with Gasteiger partial charge in [-0.2, -0.15) is 0 Å². The van der Waals surface area contributed by atoms with E-state index in [0.717, 1.165) is 12.8 Å². The summed E-state index contributed by atoms with van der Waals surface area (Å²) in [6.07, 6.45) is 4.85. The van der Waals surface area contributed by atoms with E-state index in [1.54, 1.807) is 0 Å². The third-order valence-electron chi connectivity index (χ3n) is 2.46. The molecule has 0 radical (unpaired) electrons. The predicted octanol–water partition coefficient (Wildman–Crippen LogP) is -0.178. The van der Waals surface area contributed by atoms with Crippen LogP contribution in [0, 0.1) is 10.1 Å². The highest BCUT2D eigenvalue weighted by molar-refractivity contribution is 4.62. The third-order valence-corrected chi connectivity index (χ3v) is 2.46. The summed E-state index contributed by atoms with van der Waals surface area (Å²) >= 11 is 0. The van der Waals surface area contributed by atoms with Gasteiger partial charge in [0.15, 0.2) is 0 Å². The minimum absolute atomic E-state index is 0.118. The molecule has 2 aliphatic rings. The van der Waals surface area contributed by atoms with Gasteiger partial charge < -0.3 is 10.5 Å². The fourth-order valence-electron chi connectivity index (χ4n) is 1.64. The largest absolute Gasteiger partial charge is 0.724 e. The van der Waals surface area contributed by atoms with Crippen molar-refractivity contribution in [2.75, 3.05) is 26.2 Å². The zero-order valence-electron chi connectivity index (χ0n) is 8.39. The smallest absolute Gasteiger partial charge is 0.0757 e. The fourth-order valence-corrected chi connectivity index (χ4v) is 1.64. The number of hydrogen-bond acceptors (Lipinski definition) is 4. The number of quaternary nitrogens is 1. The van der Waals surface area contributed by atoms with E-state index >= 15 is 0 Å². The summed E-state index contributed by atoms with van der Waals surface area (Å²) in [6.45, 7) is 4.07. The molecular formula is C8H18N4O2. The Bertz CT molecular complexity index is 150. The third kappa shape index (κ3) is 3.99. The van der Waals surface area contributed by atoms with E-state index in [-0.39, 0.29) is 5.28 Å². The van der Waals surface area contributed by atoms with Gasteiger partial charge in [-0.3, -0.25) is 5.28 Å². The Morgan fingerprint density at radius 1 is 1.14 bits per heavy atom. The van der Waals surface area contributed by atoms with Crippen LogP contribution < -0.4 is 5.32 Å². The van der Waals surface area contributed by atoms with Gasteiger partial charge in [0.2, 0.25) is 0 Å². The van der Waals surface area contributed by atoms with E-state index in [2.05, 4.69) is 10.6 Å². The maximum atomic E-state index is 10.4. The molecule has 0 aliphatic carbocycles. The van der Waals surface area contributed by atoms with Gasteiger partial charge in [0.05, 0.1) is 18.4 Å². The summed E-state index contributed by atoms with van der Waals surface area (Å²) in [5, 5.41) is 16.5. The number of hydrogen-bond donors (Lipinski definition) is 1. The Labute approximate surface area is 83.7 Å². The molecule has 2 N–H and O–H groups in total. The zero-order chi connectivity index (χ0) is 10.2. The first-order valence-corrected chi connectivity index (χ1v) is 5.21. The molecule has 0 aromatic heterocycles. The van der Waals surface area contributed by atoms with Crippen molar-refractivity contribution >= 4 is 0 Å². The molecule has 0 spiro atoms. The van der Waals surface area contributed by atoms with E-state index in [9.17, 15) is 10.1 Å². The van der Waals surface area contributed by atoms with Crippen LogP contribution in [0.25, 0.3) is 0 Å². The Hall–Kier alpha value is -0.720. The Morgan fingerprint density at radius 2 is 1.71 bits per heavy atom. The first kappa shape index (κ1) is 11.4. The van der Waals surface area contributed by atoms with Gasteiger partial charge in [0.1, 0.15) is 0 Å². The highest BCUT2D eigenvalue weighted by Gasteiger charge is 2.11. The normalized spacial score (nSPS) is 21.5. The highest BCUT2D eigenvalue weighted by Crippen LogP contribution is 2.09. The molecule has 0 aromatic rings. The van der Waals surface area contributed by atoms with Crippen LogP contribution in [0.1, 0.15) is 25.7 Å². The van der Waals surface area contributed by atoms with E-state index in [1.165, 1.54) is 30.9 Å². The molecule has 82 valence electrons. The molecule has 2 rings (SSSR count). The second-order valence-electron chi connectivity index (χ2n) is 3.57. The number of rotatable bonds is 2. The van der Waals surface area contributed by atoms with Gasteiger partial charge in [-0.1, -0.05) is 0 Å². The molecule has 0 bridgehead atoms. The molecule has 2 aliphatic heterocycles. The Morgan fingerprint density at radius 3 is 2.07 bits per heavy atom. The maximum Gasteiger partial charge on any atom is 0.0757 e. The van der Waals surface area contributed by atoms with Crippen LogP contribution in [-0.2, 0) is 0 Å². The summed E-state index contributed by atoms with van der Waals surface area (Å²) in [4.78, 5) is 9.61. The molecule has 0 amide bonds. The summed E-state index contributed by atoms with van der Waals surface area (Å²) in [5.74, 6) is 0. The van der Waals surface area contributed by atoms with Gasteiger partial charge in [-0.25, -0.2) is 5.01 Å². The summed E-state index contributed by atoms with van der Waals surface area (Å²) in [5.41, 5.74) is 0. The van der Waals surface area contributed by atoms with Crippen molar-refractivity contribution in [2.45, 2.75) is 25.7 Å². The molecule has 2 fully saturated rings. The number of nitrogens with two attached hydrogens (primary N) is 1. The summed E-state index contributed by atoms with van der Waals surface area (Å²) < 4.78 is 0. The number of hydrazine groups is 1.